The van der Waals surface area contributed by atoms with E-state index in [2.05, 4.69) is 43.9 Å². The lowest BCUT2D eigenvalue weighted by molar-refractivity contribution is 1.17. The Kier molecular flexibility index (Phi) is 4.01. The molecule has 0 atom stereocenters. The number of aromatic nitrogens is 2. The standard InChI is InChI=1S/C16H13IN4/c17-13-4-5-16(15(18)7-13)21-14-3-1-2-11(6-14)12-8-19-10-20-9-12/h1-10,21H,18H2. The van der Waals surface area contributed by atoms with Crippen molar-refractivity contribution < 1.29 is 0 Å². The Labute approximate surface area is 136 Å². The monoisotopic (exact) mass is 388 g/mol. The third kappa shape index (κ3) is 3.30. The van der Waals surface area contributed by atoms with Crippen molar-refractivity contribution in [2.75, 3.05) is 11.1 Å². The molecule has 1 heterocycles. The van der Waals surface area contributed by atoms with E-state index in [0.29, 0.717) is 0 Å². The Morgan fingerprint density at radius 1 is 0.952 bits per heavy atom. The molecule has 2 aromatic carbocycles. The van der Waals surface area contributed by atoms with E-state index in [1.54, 1.807) is 12.4 Å². The van der Waals surface area contributed by atoms with Gasteiger partial charge in [-0.3, -0.25) is 0 Å². The fourth-order valence-corrected chi connectivity index (χ4v) is 2.54. The lowest BCUT2D eigenvalue weighted by Gasteiger charge is -2.11. The molecule has 5 heteroatoms. The minimum absolute atomic E-state index is 0.732. The molecule has 0 unspecified atom stereocenters. The highest BCUT2D eigenvalue weighted by molar-refractivity contribution is 14.1. The number of nitrogens with one attached hydrogen (secondary N) is 1. The molecule has 3 aromatic rings. The maximum Gasteiger partial charge on any atom is 0.115 e. The Hall–Kier alpha value is -2.15. The molecule has 0 bridgehead atoms. The number of nitrogens with zero attached hydrogens (tertiary/aromatic N) is 2. The fourth-order valence-electron chi connectivity index (χ4n) is 2.03. The molecule has 1 aromatic heterocycles. The van der Waals surface area contributed by atoms with Gasteiger partial charge in [0.2, 0.25) is 0 Å². The summed E-state index contributed by atoms with van der Waals surface area (Å²) in [5.41, 5.74) is 10.7. The summed E-state index contributed by atoms with van der Waals surface area (Å²) in [5.74, 6) is 0. The Bertz CT molecular complexity index is 759. The van der Waals surface area contributed by atoms with Gasteiger partial charge in [0.15, 0.2) is 0 Å². The molecular weight excluding hydrogens is 375 g/mol. The number of anilines is 3. The number of hydrogen-bond donors (Lipinski definition) is 2. The molecule has 0 saturated heterocycles. The van der Waals surface area contributed by atoms with Crippen molar-refractivity contribution in [1.29, 1.82) is 0 Å². The van der Waals surface area contributed by atoms with Gasteiger partial charge in [0.05, 0.1) is 11.4 Å². The molecule has 21 heavy (non-hydrogen) atoms. The number of halogens is 1. The second-order valence-electron chi connectivity index (χ2n) is 4.56. The van der Waals surface area contributed by atoms with Crippen molar-refractivity contribution in [3.05, 3.63) is 64.8 Å². The molecule has 0 saturated carbocycles. The number of rotatable bonds is 3. The average molecular weight is 388 g/mol. The summed E-state index contributed by atoms with van der Waals surface area (Å²) in [4.78, 5) is 8.09. The summed E-state index contributed by atoms with van der Waals surface area (Å²) in [5, 5.41) is 3.34. The van der Waals surface area contributed by atoms with Gasteiger partial charge in [0.25, 0.3) is 0 Å². The molecule has 0 fully saturated rings. The van der Waals surface area contributed by atoms with Crippen molar-refractivity contribution in [2.45, 2.75) is 0 Å². The second kappa shape index (κ2) is 6.09. The Morgan fingerprint density at radius 3 is 2.52 bits per heavy atom. The first-order valence-corrected chi connectivity index (χ1v) is 7.48. The molecule has 104 valence electrons. The molecule has 0 spiro atoms. The Morgan fingerprint density at radius 2 is 1.76 bits per heavy atom. The van der Waals surface area contributed by atoms with E-state index < -0.39 is 0 Å². The maximum absolute atomic E-state index is 6.03. The minimum atomic E-state index is 0.732. The first kappa shape index (κ1) is 13.8. The van der Waals surface area contributed by atoms with Gasteiger partial charge < -0.3 is 11.1 Å². The summed E-state index contributed by atoms with van der Waals surface area (Å²) in [7, 11) is 0. The fraction of sp³-hybridized carbons (Fsp3) is 0. The number of nitrogen functional groups attached to an aromatic ring is 1. The zero-order valence-corrected chi connectivity index (χ0v) is 13.3. The molecule has 3 rings (SSSR count). The van der Waals surface area contributed by atoms with E-state index in [4.69, 9.17) is 5.73 Å². The van der Waals surface area contributed by atoms with Gasteiger partial charge in [-0.25, -0.2) is 9.97 Å². The molecule has 0 aliphatic rings. The molecule has 0 aliphatic heterocycles. The highest BCUT2D eigenvalue weighted by Gasteiger charge is 2.03. The molecular formula is C16H13IN4. The van der Waals surface area contributed by atoms with Crippen LogP contribution in [0.2, 0.25) is 0 Å². The number of benzene rings is 2. The van der Waals surface area contributed by atoms with Crippen molar-refractivity contribution >= 4 is 39.7 Å². The summed E-state index contributed by atoms with van der Waals surface area (Å²) in [6, 6.07) is 14.0. The van der Waals surface area contributed by atoms with Crippen LogP contribution in [0, 0.1) is 3.57 Å². The van der Waals surface area contributed by atoms with Crippen molar-refractivity contribution in [1.82, 2.24) is 9.97 Å². The van der Waals surface area contributed by atoms with Crippen LogP contribution >= 0.6 is 22.6 Å². The average Bonchev–Trinajstić information content (AvgIpc) is 2.51. The van der Waals surface area contributed by atoms with Crippen LogP contribution in [0.15, 0.2) is 61.2 Å². The van der Waals surface area contributed by atoms with Crippen molar-refractivity contribution in [2.24, 2.45) is 0 Å². The van der Waals surface area contributed by atoms with Gasteiger partial charge in [-0.2, -0.15) is 0 Å². The van der Waals surface area contributed by atoms with Crippen LogP contribution in [0.5, 0.6) is 0 Å². The van der Waals surface area contributed by atoms with Crippen LogP contribution in [0.1, 0.15) is 0 Å². The van der Waals surface area contributed by atoms with Crippen molar-refractivity contribution in [3.8, 4) is 11.1 Å². The van der Waals surface area contributed by atoms with Gasteiger partial charge >= 0.3 is 0 Å². The van der Waals surface area contributed by atoms with Crippen LogP contribution in [0.4, 0.5) is 17.1 Å². The first-order valence-electron chi connectivity index (χ1n) is 6.40. The van der Waals surface area contributed by atoms with Crippen LogP contribution in [-0.2, 0) is 0 Å². The van der Waals surface area contributed by atoms with E-state index in [1.807, 2.05) is 36.4 Å². The zero-order valence-electron chi connectivity index (χ0n) is 11.1. The summed E-state index contributed by atoms with van der Waals surface area (Å²) in [6.07, 6.45) is 5.12. The lowest BCUT2D eigenvalue weighted by Crippen LogP contribution is -1.96. The van der Waals surface area contributed by atoms with Gasteiger partial charge in [-0.1, -0.05) is 12.1 Å². The van der Waals surface area contributed by atoms with Crippen LogP contribution < -0.4 is 11.1 Å². The first-order chi connectivity index (χ1) is 10.2. The van der Waals surface area contributed by atoms with E-state index in [1.165, 1.54) is 6.33 Å². The summed E-state index contributed by atoms with van der Waals surface area (Å²) in [6.45, 7) is 0. The molecule has 3 N–H and O–H groups in total. The smallest absolute Gasteiger partial charge is 0.115 e. The van der Waals surface area contributed by atoms with E-state index in [9.17, 15) is 0 Å². The third-order valence-corrected chi connectivity index (χ3v) is 3.72. The van der Waals surface area contributed by atoms with E-state index in [-0.39, 0.29) is 0 Å². The van der Waals surface area contributed by atoms with Gasteiger partial charge in [0.1, 0.15) is 6.33 Å². The predicted molar refractivity (Wildman–Crippen MR) is 94.3 cm³/mol. The quantitative estimate of drug-likeness (QED) is 0.525. The molecule has 0 amide bonds. The van der Waals surface area contributed by atoms with Gasteiger partial charge in [-0.15, -0.1) is 0 Å². The maximum atomic E-state index is 6.03. The van der Waals surface area contributed by atoms with E-state index >= 15 is 0 Å². The normalized spacial score (nSPS) is 10.3. The molecule has 0 aliphatic carbocycles. The Balaban J connectivity index is 1.90. The highest BCUT2D eigenvalue weighted by atomic mass is 127. The number of nitrogens with two attached hydrogens (primary N) is 1. The summed E-state index contributed by atoms with van der Waals surface area (Å²) < 4.78 is 1.12. The molecule has 0 radical (unpaired) electrons. The van der Waals surface area contributed by atoms with Crippen LogP contribution in [-0.4, -0.2) is 9.97 Å². The van der Waals surface area contributed by atoms with Gasteiger partial charge in [0, 0.05) is 27.2 Å². The van der Waals surface area contributed by atoms with Crippen molar-refractivity contribution in [3.63, 3.8) is 0 Å². The van der Waals surface area contributed by atoms with Crippen LogP contribution in [0.25, 0.3) is 11.1 Å². The number of hydrogen-bond acceptors (Lipinski definition) is 4. The zero-order chi connectivity index (χ0) is 14.7. The highest BCUT2D eigenvalue weighted by Crippen LogP contribution is 2.27. The van der Waals surface area contributed by atoms with E-state index in [0.717, 1.165) is 31.8 Å². The lowest BCUT2D eigenvalue weighted by atomic mass is 10.1. The van der Waals surface area contributed by atoms with Gasteiger partial charge in [-0.05, 0) is 58.5 Å². The second-order valence-corrected chi connectivity index (χ2v) is 5.81. The van der Waals surface area contributed by atoms with Crippen LogP contribution in [0.3, 0.4) is 0 Å². The molecule has 4 nitrogen and oxygen atoms in total. The predicted octanol–water partition coefficient (Wildman–Crippen LogP) is 4.07. The summed E-state index contributed by atoms with van der Waals surface area (Å²) >= 11 is 2.24. The minimum Gasteiger partial charge on any atom is -0.397 e. The topological polar surface area (TPSA) is 63.8 Å². The SMILES string of the molecule is Nc1cc(I)ccc1Nc1cccc(-c2cncnc2)c1. The third-order valence-electron chi connectivity index (χ3n) is 3.05. The largest absolute Gasteiger partial charge is 0.397 e.